The molecule has 0 aliphatic heterocycles. The molecular formula is C9H9ClOS. The van der Waals surface area contributed by atoms with Crippen molar-refractivity contribution in [3.63, 3.8) is 0 Å². The third kappa shape index (κ3) is 1.96. The summed E-state index contributed by atoms with van der Waals surface area (Å²) in [6.07, 6.45) is 1.50. The molecule has 0 bridgehead atoms. The standard InChI is InChI=1S/C9H9ClOS/c1-2-7(6-11)9(10)8-4-3-5-12-8/h3-6H,2H2,1H3/b9-7-. The second-order valence-electron chi connectivity index (χ2n) is 2.29. The molecule has 0 aliphatic rings. The van der Waals surface area contributed by atoms with Crippen LogP contribution in [0.5, 0.6) is 0 Å². The maximum atomic E-state index is 10.5. The first-order valence-corrected chi connectivity index (χ1v) is 4.93. The summed E-state index contributed by atoms with van der Waals surface area (Å²) in [7, 11) is 0. The molecule has 0 unspecified atom stereocenters. The Morgan fingerprint density at radius 2 is 2.50 bits per heavy atom. The highest BCUT2D eigenvalue weighted by atomic mass is 35.5. The molecule has 1 aromatic heterocycles. The molecule has 0 aliphatic carbocycles. The largest absolute Gasteiger partial charge is 0.298 e. The fourth-order valence-corrected chi connectivity index (χ4v) is 1.92. The lowest BCUT2D eigenvalue weighted by molar-refractivity contribution is -0.104. The lowest BCUT2D eigenvalue weighted by atomic mass is 10.2. The summed E-state index contributed by atoms with van der Waals surface area (Å²) < 4.78 is 0. The van der Waals surface area contributed by atoms with Gasteiger partial charge in [-0.05, 0) is 17.9 Å². The topological polar surface area (TPSA) is 17.1 Å². The minimum Gasteiger partial charge on any atom is -0.298 e. The molecule has 1 heterocycles. The molecule has 64 valence electrons. The third-order valence-electron chi connectivity index (χ3n) is 1.54. The van der Waals surface area contributed by atoms with Gasteiger partial charge in [0.15, 0.2) is 0 Å². The molecule has 0 fully saturated rings. The Bertz CT molecular complexity index is 287. The van der Waals surface area contributed by atoms with Crippen molar-refractivity contribution >= 4 is 34.3 Å². The summed E-state index contributed by atoms with van der Waals surface area (Å²) in [5.74, 6) is 0. The fourth-order valence-electron chi connectivity index (χ4n) is 0.852. The number of hydrogen-bond donors (Lipinski definition) is 0. The summed E-state index contributed by atoms with van der Waals surface area (Å²) in [5.41, 5.74) is 0.666. The Kier molecular flexibility index (Phi) is 3.50. The average Bonchev–Trinajstić information content (AvgIpc) is 2.58. The molecule has 0 saturated heterocycles. The van der Waals surface area contributed by atoms with Crippen molar-refractivity contribution in [2.45, 2.75) is 13.3 Å². The lowest BCUT2D eigenvalue weighted by Gasteiger charge is -1.97. The van der Waals surface area contributed by atoms with E-state index in [0.717, 1.165) is 11.2 Å². The number of allylic oxidation sites excluding steroid dienone is 1. The molecule has 3 heteroatoms. The van der Waals surface area contributed by atoms with E-state index in [9.17, 15) is 4.79 Å². The number of thiophene rings is 1. The van der Waals surface area contributed by atoms with Crippen molar-refractivity contribution in [2.75, 3.05) is 0 Å². The van der Waals surface area contributed by atoms with E-state index in [0.29, 0.717) is 17.0 Å². The van der Waals surface area contributed by atoms with Crippen LogP contribution in [0.25, 0.3) is 5.03 Å². The first kappa shape index (κ1) is 9.49. The Balaban J connectivity index is 3.02. The molecule has 0 aromatic carbocycles. The van der Waals surface area contributed by atoms with Gasteiger partial charge in [-0.25, -0.2) is 0 Å². The van der Waals surface area contributed by atoms with Crippen LogP contribution in [-0.4, -0.2) is 6.29 Å². The van der Waals surface area contributed by atoms with Crippen molar-refractivity contribution in [1.82, 2.24) is 0 Å². The first-order chi connectivity index (χ1) is 5.79. The van der Waals surface area contributed by atoms with Crippen LogP contribution in [0, 0.1) is 0 Å². The normalized spacial score (nSPS) is 12.5. The average molecular weight is 201 g/mol. The second-order valence-corrected chi connectivity index (χ2v) is 3.61. The van der Waals surface area contributed by atoms with E-state index in [2.05, 4.69) is 0 Å². The number of carbonyl (C=O) groups is 1. The number of hydrogen-bond acceptors (Lipinski definition) is 2. The third-order valence-corrected chi connectivity index (χ3v) is 2.99. The van der Waals surface area contributed by atoms with Crippen LogP contribution in [0.2, 0.25) is 0 Å². The molecule has 0 amide bonds. The zero-order valence-corrected chi connectivity index (χ0v) is 8.28. The van der Waals surface area contributed by atoms with Crippen LogP contribution in [0.4, 0.5) is 0 Å². The van der Waals surface area contributed by atoms with Gasteiger partial charge < -0.3 is 0 Å². The van der Waals surface area contributed by atoms with E-state index in [1.807, 2.05) is 24.4 Å². The van der Waals surface area contributed by atoms with Crippen LogP contribution < -0.4 is 0 Å². The predicted octanol–water partition coefficient (Wildman–Crippen LogP) is 3.31. The van der Waals surface area contributed by atoms with Crippen molar-refractivity contribution < 1.29 is 4.79 Å². The van der Waals surface area contributed by atoms with E-state index in [1.165, 1.54) is 0 Å². The van der Waals surface area contributed by atoms with Crippen molar-refractivity contribution in [1.29, 1.82) is 0 Å². The first-order valence-electron chi connectivity index (χ1n) is 3.67. The van der Waals surface area contributed by atoms with Gasteiger partial charge in [-0.2, -0.15) is 0 Å². The predicted molar refractivity (Wildman–Crippen MR) is 53.4 cm³/mol. The molecule has 1 aromatic rings. The summed E-state index contributed by atoms with van der Waals surface area (Å²) in [4.78, 5) is 11.5. The zero-order valence-electron chi connectivity index (χ0n) is 6.71. The summed E-state index contributed by atoms with van der Waals surface area (Å²) >= 11 is 7.51. The quantitative estimate of drug-likeness (QED) is 0.541. The molecule has 0 N–H and O–H groups in total. The molecule has 1 rings (SSSR count). The van der Waals surface area contributed by atoms with Gasteiger partial charge in [0.2, 0.25) is 0 Å². The molecule has 0 atom stereocenters. The molecular weight excluding hydrogens is 192 g/mol. The van der Waals surface area contributed by atoms with E-state index >= 15 is 0 Å². The van der Waals surface area contributed by atoms with Crippen LogP contribution in [0.3, 0.4) is 0 Å². The molecule has 12 heavy (non-hydrogen) atoms. The monoisotopic (exact) mass is 200 g/mol. The highest BCUT2D eigenvalue weighted by molar-refractivity contribution is 7.12. The zero-order chi connectivity index (χ0) is 8.97. The molecule has 0 spiro atoms. The van der Waals surface area contributed by atoms with Crippen LogP contribution in [-0.2, 0) is 4.79 Å². The van der Waals surface area contributed by atoms with Crippen molar-refractivity contribution in [3.8, 4) is 0 Å². The fraction of sp³-hybridized carbons (Fsp3) is 0.222. The Morgan fingerprint density at radius 3 is 2.92 bits per heavy atom. The Morgan fingerprint density at radius 1 is 1.75 bits per heavy atom. The maximum Gasteiger partial charge on any atom is 0.147 e. The summed E-state index contributed by atoms with van der Waals surface area (Å²) in [6.45, 7) is 1.92. The molecule has 0 saturated carbocycles. The highest BCUT2D eigenvalue weighted by Crippen LogP contribution is 2.27. The number of aldehydes is 1. The Hall–Kier alpha value is -0.600. The Labute approximate surface area is 80.7 Å². The van der Waals surface area contributed by atoms with Gasteiger partial charge in [0.25, 0.3) is 0 Å². The van der Waals surface area contributed by atoms with Crippen LogP contribution >= 0.6 is 22.9 Å². The number of halogens is 1. The van der Waals surface area contributed by atoms with Gasteiger partial charge in [-0.3, -0.25) is 4.79 Å². The lowest BCUT2D eigenvalue weighted by Crippen LogP contribution is -1.84. The second kappa shape index (κ2) is 4.43. The molecule has 1 nitrogen and oxygen atoms in total. The van der Waals surface area contributed by atoms with E-state index in [4.69, 9.17) is 11.6 Å². The van der Waals surface area contributed by atoms with E-state index in [-0.39, 0.29) is 0 Å². The SMILES string of the molecule is CC/C(C=O)=C(/Cl)c1cccs1. The minimum atomic E-state index is 0.586. The van der Waals surface area contributed by atoms with Gasteiger partial charge in [0, 0.05) is 10.5 Å². The van der Waals surface area contributed by atoms with Gasteiger partial charge in [-0.1, -0.05) is 24.6 Å². The smallest absolute Gasteiger partial charge is 0.147 e. The van der Waals surface area contributed by atoms with Crippen LogP contribution in [0.15, 0.2) is 23.1 Å². The van der Waals surface area contributed by atoms with Crippen molar-refractivity contribution in [2.24, 2.45) is 0 Å². The van der Waals surface area contributed by atoms with E-state index in [1.54, 1.807) is 11.3 Å². The maximum absolute atomic E-state index is 10.5. The summed E-state index contributed by atoms with van der Waals surface area (Å²) in [5, 5.41) is 2.53. The minimum absolute atomic E-state index is 0.586. The van der Waals surface area contributed by atoms with Gasteiger partial charge in [-0.15, -0.1) is 11.3 Å². The van der Waals surface area contributed by atoms with E-state index < -0.39 is 0 Å². The summed E-state index contributed by atoms with van der Waals surface area (Å²) in [6, 6.07) is 3.83. The van der Waals surface area contributed by atoms with Crippen LogP contribution in [0.1, 0.15) is 18.2 Å². The number of carbonyl (C=O) groups excluding carboxylic acids is 1. The number of rotatable bonds is 3. The molecule has 0 radical (unpaired) electrons. The highest BCUT2D eigenvalue weighted by Gasteiger charge is 2.04. The van der Waals surface area contributed by atoms with Gasteiger partial charge >= 0.3 is 0 Å². The van der Waals surface area contributed by atoms with Gasteiger partial charge in [0.05, 0.1) is 5.03 Å². The van der Waals surface area contributed by atoms with Crippen molar-refractivity contribution in [3.05, 3.63) is 28.0 Å². The van der Waals surface area contributed by atoms with Gasteiger partial charge in [0.1, 0.15) is 6.29 Å².